The number of benzene rings is 1. The molecule has 0 radical (unpaired) electrons. The zero-order chi connectivity index (χ0) is 13.7. The van der Waals surface area contributed by atoms with E-state index < -0.39 is 11.8 Å². The van der Waals surface area contributed by atoms with Crippen LogP contribution in [0.3, 0.4) is 0 Å². The van der Waals surface area contributed by atoms with Gasteiger partial charge in [0.25, 0.3) is 0 Å². The van der Waals surface area contributed by atoms with Crippen LogP contribution in [0.1, 0.15) is 18.4 Å². The molecule has 1 rings (SSSR count). The van der Waals surface area contributed by atoms with E-state index in [1.807, 2.05) is 0 Å². The Hall–Kier alpha value is -1.62. The lowest BCUT2D eigenvalue weighted by Crippen LogP contribution is -2.26. The molecule has 98 valence electrons. The van der Waals surface area contributed by atoms with Crippen molar-refractivity contribution in [2.45, 2.75) is 19.4 Å². The van der Waals surface area contributed by atoms with Gasteiger partial charge in [-0.1, -0.05) is 11.6 Å². The van der Waals surface area contributed by atoms with Gasteiger partial charge in [0, 0.05) is 30.6 Å². The van der Waals surface area contributed by atoms with Crippen LogP contribution in [-0.4, -0.2) is 28.9 Å². The SMILES string of the molecule is CN(Cc1cc(Cl)ccc1F)C(=O)CCC(=O)O. The topological polar surface area (TPSA) is 57.6 Å². The van der Waals surface area contributed by atoms with E-state index in [0.29, 0.717) is 10.6 Å². The number of carbonyl (C=O) groups excluding carboxylic acids is 1. The molecule has 18 heavy (non-hydrogen) atoms. The van der Waals surface area contributed by atoms with E-state index in [4.69, 9.17) is 16.7 Å². The van der Waals surface area contributed by atoms with E-state index in [0.717, 1.165) is 0 Å². The highest BCUT2D eigenvalue weighted by molar-refractivity contribution is 6.30. The Labute approximate surface area is 109 Å². The summed E-state index contributed by atoms with van der Waals surface area (Å²) in [6, 6.07) is 4.09. The van der Waals surface area contributed by atoms with Crippen molar-refractivity contribution in [3.8, 4) is 0 Å². The molecule has 0 aromatic heterocycles. The molecule has 0 spiro atoms. The Balaban J connectivity index is 2.63. The van der Waals surface area contributed by atoms with Gasteiger partial charge in [0.2, 0.25) is 5.91 Å². The maximum atomic E-state index is 13.4. The zero-order valence-corrected chi connectivity index (χ0v) is 10.6. The highest BCUT2D eigenvalue weighted by atomic mass is 35.5. The van der Waals surface area contributed by atoms with Gasteiger partial charge in [-0.3, -0.25) is 9.59 Å². The third-order valence-corrected chi connectivity index (χ3v) is 2.63. The molecule has 1 aromatic rings. The van der Waals surface area contributed by atoms with Crippen LogP contribution in [0.4, 0.5) is 4.39 Å². The van der Waals surface area contributed by atoms with Crippen LogP contribution in [-0.2, 0) is 16.1 Å². The molecule has 0 aliphatic heterocycles. The lowest BCUT2D eigenvalue weighted by Gasteiger charge is -2.17. The predicted molar refractivity (Wildman–Crippen MR) is 64.8 cm³/mol. The highest BCUT2D eigenvalue weighted by Crippen LogP contribution is 2.16. The van der Waals surface area contributed by atoms with Crippen molar-refractivity contribution in [3.05, 3.63) is 34.6 Å². The van der Waals surface area contributed by atoms with Gasteiger partial charge in [0.05, 0.1) is 6.42 Å². The molecule has 0 bridgehead atoms. The average molecular weight is 274 g/mol. The molecule has 4 nitrogen and oxygen atoms in total. The number of hydrogen-bond donors (Lipinski definition) is 1. The van der Waals surface area contributed by atoms with E-state index in [1.54, 1.807) is 0 Å². The van der Waals surface area contributed by atoms with Crippen LogP contribution in [0, 0.1) is 5.82 Å². The predicted octanol–water partition coefficient (Wildman–Crippen LogP) is 2.30. The monoisotopic (exact) mass is 273 g/mol. The Morgan fingerprint density at radius 2 is 2.06 bits per heavy atom. The van der Waals surface area contributed by atoms with Crippen molar-refractivity contribution in [2.24, 2.45) is 0 Å². The zero-order valence-electron chi connectivity index (χ0n) is 9.82. The van der Waals surface area contributed by atoms with Crippen LogP contribution >= 0.6 is 11.6 Å². The molecule has 0 aliphatic carbocycles. The molecule has 0 aliphatic rings. The van der Waals surface area contributed by atoms with Gasteiger partial charge in [0.15, 0.2) is 0 Å². The summed E-state index contributed by atoms with van der Waals surface area (Å²) in [5.41, 5.74) is 0.300. The number of hydrogen-bond acceptors (Lipinski definition) is 2. The number of halogens is 2. The Morgan fingerprint density at radius 1 is 1.39 bits per heavy atom. The summed E-state index contributed by atoms with van der Waals surface area (Å²) in [5.74, 6) is -1.83. The normalized spacial score (nSPS) is 10.2. The first-order chi connectivity index (χ1) is 8.40. The van der Waals surface area contributed by atoms with Crippen LogP contribution in [0.25, 0.3) is 0 Å². The molecule has 0 fully saturated rings. The van der Waals surface area contributed by atoms with E-state index in [-0.39, 0.29) is 25.3 Å². The first kappa shape index (κ1) is 14.4. The molecule has 0 saturated heterocycles. The lowest BCUT2D eigenvalue weighted by molar-refractivity contribution is -0.140. The van der Waals surface area contributed by atoms with E-state index >= 15 is 0 Å². The van der Waals surface area contributed by atoms with Crippen LogP contribution in [0.2, 0.25) is 5.02 Å². The standard InChI is InChI=1S/C12H13ClFNO3/c1-15(11(16)4-5-12(17)18)7-8-6-9(13)2-3-10(8)14/h2-3,6H,4-5,7H2,1H3,(H,17,18). The Kier molecular flexibility index (Phi) is 5.09. The molecule has 0 unspecified atom stereocenters. The number of nitrogens with zero attached hydrogens (tertiary/aromatic N) is 1. The lowest BCUT2D eigenvalue weighted by atomic mass is 10.2. The van der Waals surface area contributed by atoms with Crippen molar-refractivity contribution < 1.29 is 19.1 Å². The minimum absolute atomic E-state index is 0.0604. The molecule has 0 heterocycles. The van der Waals surface area contributed by atoms with Gasteiger partial charge in [-0.15, -0.1) is 0 Å². The first-order valence-corrected chi connectivity index (χ1v) is 5.67. The number of aliphatic carboxylic acids is 1. The fourth-order valence-electron chi connectivity index (χ4n) is 1.41. The Morgan fingerprint density at radius 3 is 2.67 bits per heavy atom. The number of amides is 1. The summed E-state index contributed by atoms with van der Waals surface area (Å²) in [5, 5.41) is 8.85. The minimum atomic E-state index is -1.04. The third-order valence-electron chi connectivity index (χ3n) is 2.39. The number of carboxylic acid groups (broad SMARTS) is 1. The van der Waals surface area contributed by atoms with Crippen molar-refractivity contribution >= 4 is 23.5 Å². The van der Waals surface area contributed by atoms with E-state index in [9.17, 15) is 14.0 Å². The summed E-state index contributed by atoms with van der Waals surface area (Å²) < 4.78 is 13.4. The van der Waals surface area contributed by atoms with Gasteiger partial charge in [-0.05, 0) is 18.2 Å². The van der Waals surface area contributed by atoms with Crippen molar-refractivity contribution in [1.82, 2.24) is 4.90 Å². The quantitative estimate of drug-likeness (QED) is 0.895. The molecular formula is C12H13ClFNO3. The molecule has 1 amide bonds. The molecular weight excluding hydrogens is 261 g/mol. The summed E-state index contributed by atoms with van der Waals surface area (Å²) in [6.45, 7) is 0.0604. The van der Waals surface area contributed by atoms with Gasteiger partial charge in [-0.2, -0.15) is 0 Å². The largest absolute Gasteiger partial charge is 0.481 e. The second-order valence-corrected chi connectivity index (χ2v) is 4.32. The maximum Gasteiger partial charge on any atom is 0.303 e. The van der Waals surface area contributed by atoms with Crippen molar-refractivity contribution in [2.75, 3.05) is 7.05 Å². The molecule has 0 saturated carbocycles. The van der Waals surface area contributed by atoms with Crippen LogP contribution in [0.5, 0.6) is 0 Å². The van der Waals surface area contributed by atoms with Crippen molar-refractivity contribution in [3.63, 3.8) is 0 Å². The number of carboxylic acids is 1. The molecule has 0 atom stereocenters. The second kappa shape index (κ2) is 6.35. The van der Waals surface area contributed by atoms with Gasteiger partial charge in [0.1, 0.15) is 5.82 Å². The molecule has 1 aromatic carbocycles. The highest BCUT2D eigenvalue weighted by Gasteiger charge is 2.13. The summed E-state index contributed by atoms with van der Waals surface area (Å²) >= 11 is 5.73. The van der Waals surface area contributed by atoms with Crippen molar-refractivity contribution in [1.29, 1.82) is 0 Å². The average Bonchev–Trinajstić information content (AvgIpc) is 2.30. The Bertz CT molecular complexity index is 465. The second-order valence-electron chi connectivity index (χ2n) is 3.88. The summed E-state index contributed by atoms with van der Waals surface area (Å²) in [7, 11) is 1.49. The number of carbonyl (C=O) groups is 2. The summed E-state index contributed by atoms with van der Waals surface area (Å²) in [6.07, 6.45) is -0.338. The third kappa shape index (κ3) is 4.33. The minimum Gasteiger partial charge on any atom is -0.481 e. The van der Waals surface area contributed by atoms with Gasteiger partial charge in [-0.25, -0.2) is 4.39 Å². The molecule has 1 N–H and O–H groups in total. The van der Waals surface area contributed by atoms with Gasteiger partial charge < -0.3 is 10.0 Å². The van der Waals surface area contributed by atoms with E-state index in [2.05, 4.69) is 0 Å². The smallest absolute Gasteiger partial charge is 0.303 e. The fraction of sp³-hybridized carbons (Fsp3) is 0.333. The number of rotatable bonds is 5. The van der Waals surface area contributed by atoms with Crippen LogP contribution < -0.4 is 0 Å². The van der Waals surface area contributed by atoms with Gasteiger partial charge >= 0.3 is 5.97 Å². The van der Waals surface area contributed by atoms with E-state index in [1.165, 1.54) is 30.1 Å². The first-order valence-electron chi connectivity index (χ1n) is 5.30. The maximum absolute atomic E-state index is 13.4. The molecule has 6 heteroatoms. The fourth-order valence-corrected chi connectivity index (χ4v) is 1.61. The summed E-state index contributed by atoms with van der Waals surface area (Å²) in [4.78, 5) is 23.2. The van der Waals surface area contributed by atoms with Crippen LogP contribution in [0.15, 0.2) is 18.2 Å².